The number of H-pyrrole nitrogens is 1. The number of rotatable bonds is 3. The Morgan fingerprint density at radius 3 is 2.76 bits per heavy atom. The van der Waals surface area contributed by atoms with Crippen molar-refractivity contribution < 1.29 is 9.47 Å². The largest absolute Gasteiger partial charge is 0.361 e. The first-order valence-corrected chi connectivity index (χ1v) is 8.33. The van der Waals surface area contributed by atoms with Crippen LogP contribution in [0.1, 0.15) is 11.9 Å². The SMILES string of the molecule is c1cc(-c2ccc[nH]2)cc(-n2cnc3cc(C4OCCO4)ccc32)c1. The third-order valence-corrected chi connectivity index (χ3v) is 4.50. The molecule has 5 heteroatoms. The fraction of sp³-hybridized carbons (Fsp3) is 0.150. The first kappa shape index (κ1) is 14.5. The van der Waals surface area contributed by atoms with Crippen LogP contribution in [-0.2, 0) is 9.47 Å². The van der Waals surface area contributed by atoms with E-state index in [4.69, 9.17) is 9.47 Å². The lowest BCUT2D eigenvalue weighted by Crippen LogP contribution is -1.98. The van der Waals surface area contributed by atoms with Gasteiger partial charge in [-0.3, -0.25) is 4.57 Å². The summed E-state index contributed by atoms with van der Waals surface area (Å²) < 4.78 is 13.3. The van der Waals surface area contributed by atoms with E-state index in [0.29, 0.717) is 13.2 Å². The minimum atomic E-state index is -0.272. The number of imidazole rings is 1. The van der Waals surface area contributed by atoms with E-state index in [1.807, 2.05) is 30.7 Å². The number of nitrogens with one attached hydrogen (secondary N) is 1. The molecule has 3 heterocycles. The summed E-state index contributed by atoms with van der Waals surface area (Å²) in [6, 6.07) is 18.6. The van der Waals surface area contributed by atoms with E-state index in [9.17, 15) is 0 Å². The molecule has 0 bridgehead atoms. The summed E-state index contributed by atoms with van der Waals surface area (Å²) in [5.41, 5.74) is 6.33. The zero-order valence-corrected chi connectivity index (χ0v) is 13.6. The van der Waals surface area contributed by atoms with Gasteiger partial charge >= 0.3 is 0 Å². The molecule has 0 atom stereocenters. The number of benzene rings is 2. The first-order valence-electron chi connectivity index (χ1n) is 8.33. The Morgan fingerprint density at radius 1 is 1.00 bits per heavy atom. The molecular formula is C20H17N3O2. The molecule has 0 spiro atoms. The molecule has 5 rings (SSSR count). The Balaban J connectivity index is 1.56. The molecule has 5 nitrogen and oxygen atoms in total. The van der Waals surface area contributed by atoms with Crippen molar-refractivity contribution in [2.24, 2.45) is 0 Å². The van der Waals surface area contributed by atoms with Crippen LogP contribution in [0.25, 0.3) is 28.0 Å². The molecular weight excluding hydrogens is 314 g/mol. The van der Waals surface area contributed by atoms with Gasteiger partial charge in [0.05, 0.1) is 24.2 Å². The van der Waals surface area contributed by atoms with Crippen LogP contribution in [0.4, 0.5) is 0 Å². The lowest BCUT2D eigenvalue weighted by molar-refractivity contribution is -0.0440. The minimum Gasteiger partial charge on any atom is -0.361 e. The number of nitrogens with zero attached hydrogens (tertiary/aromatic N) is 2. The van der Waals surface area contributed by atoms with E-state index in [0.717, 1.165) is 33.5 Å². The van der Waals surface area contributed by atoms with Crippen LogP contribution < -0.4 is 0 Å². The zero-order chi connectivity index (χ0) is 16.6. The third-order valence-electron chi connectivity index (χ3n) is 4.50. The van der Waals surface area contributed by atoms with Crippen molar-refractivity contribution in [2.45, 2.75) is 6.29 Å². The molecule has 0 radical (unpaired) electrons. The number of aromatic nitrogens is 3. The predicted octanol–water partition coefficient (Wildman–Crippen LogP) is 4.07. The van der Waals surface area contributed by atoms with Gasteiger partial charge in [0, 0.05) is 23.1 Å². The van der Waals surface area contributed by atoms with Gasteiger partial charge in [-0.05, 0) is 42.0 Å². The van der Waals surface area contributed by atoms with Crippen LogP contribution in [0, 0.1) is 0 Å². The number of ether oxygens (including phenoxy) is 2. The molecule has 1 aliphatic heterocycles. The first-order chi connectivity index (χ1) is 12.4. The quantitative estimate of drug-likeness (QED) is 0.616. The van der Waals surface area contributed by atoms with E-state index in [1.165, 1.54) is 0 Å². The second-order valence-electron chi connectivity index (χ2n) is 6.07. The molecule has 1 fully saturated rings. The highest BCUT2D eigenvalue weighted by molar-refractivity contribution is 5.78. The van der Waals surface area contributed by atoms with E-state index in [1.54, 1.807) is 0 Å². The number of aromatic amines is 1. The Hall–Kier alpha value is -2.89. The molecule has 25 heavy (non-hydrogen) atoms. The molecule has 124 valence electrons. The fourth-order valence-corrected chi connectivity index (χ4v) is 3.27. The molecule has 2 aromatic heterocycles. The molecule has 1 N–H and O–H groups in total. The van der Waals surface area contributed by atoms with E-state index >= 15 is 0 Å². The van der Waals surface area contributed by atoms with Crippen LogP contribution in [-0.4, -0.2) is 27.7 Å². The van der Waals surface area contributed by atoms with Gasteiger partial charge in [-0.15, -0.1) is 0 Å². The maximum atomic E-state index is 5.58. The van der Waals surface area contributed by atoms with Crippen LogP contribution >= 0.6 is 0 Å². The fourth-order valence-electron chi connectivity index (χ4n) is 3.27. The van der Waals surface area contributed by atoms with Crippen molar-refractivity contribution in [1.29, 1.82) is 0 Å². The molecule has 0 aliphatic carbocycles. The average Bonchev–Trinajstić information content (AvgIpc) is 3.42. The normalized spacial score (nSPS) is 15.2. The van der Waals surface area contributed by atoms with Crippen LogP contribution in [0.3, 0.4) is 0 Å². The molecule has 1 aliphatic rings. The third kappa shape index (κ3) is 2.54. The Bertz CT molecular complexity index is 1010. The lowest BCUT2D eigenvalue weighted by atomic mass is 10.1. The molecule has 4 aromatic rings. The van der Waals surface area contributed by atoms with E-state index in [2.05, 4.69) is 50.9 Å². The maximum Gasteiger partial charge on any atom is 0.184 e. The summed E-state index contributed by atoms with van der Waals surface area (Å²) in [5.74, 6) is 0. The van der Waals surface area contributed by atoms with E-state index in [-0.39, 0.29) is 6.29 Å². The van der Waals surface area contributed by atoms with Gasteiger partial charge in [-0.1, -0.05) is 18.2 Å². The van der Waals surface area contributed by atoms with Gasteiger partial charge in [-0.2, -0.15) is 0 Å². The highest BCUT2D eigenvalue weighted by atomic mass is 16.7. The summed E-state index contributed by atoms with van der Waals surface area (Å²) in [6.07, 6.45) is 3.52. The van der Waals surface area contributed by atoms with Crippen LogP contribution in [0.5, 0.6) is 0 Å². The maximum absolute atomic E-state index is 5.58. The highest BCUT2D eigenvalue weighted by Crippen LogP contribution is 2.28. The number of hydrogen-bond acceptors (Lipinski definition) is 3. The zero-order valence-electron chi connectivity index (χ0n) is 13.6. The van der Waals surface area contributed by atoms with Crippen molar-refractivity contribution in [3.8, 4) is 16.9 Å². The van der Waals surface area contributed by atoms with Gasteiger partial charge < -0.3 is 14.5 Å². The Labute approximate surface area is 144 Å². The van der Waals surface area contributed by atoms with Crippen LogP contribution in [0.2, 0.25) is 0 Å². The standard InChI is InChI=1S/C20H17N3O2/c1-3-14(17-5-2-8-21-17)11-16(4-1)23-13-22-18-12-15(6-7-19(18)23)20-24-9-10-25-20/h1-8,11-13,20-21H,9-10H2. The topological polar surface area (TPSA) is 52.1 Å². The Kier molecular flexibility index (Phi) is 3.40. The van der Waals surface area contributed by atoms with Gasteiger partial charge in [0.25, 0.3) is 0 Å². The highest BCUT2D eigenvalue weighted by Gasteiger charge is 2.19. The van der Waals surface area contributed by atoms with Gasteiger partial charge in [-0.25, -0.2) is 4.98 Å². The van der Waals surface area contributed by atoms with Gasteiger partial charge in [0.2, 0.25) is 0 Å². The van der Waals surface area contributed by atoms with Crippen molar-refractivity contribution >= 4 is 11.0 Å². The summed E-state index contributed by atoms with van der Waals surface area (Å²) in [6.45, 7) is 1.28. The minimum absolute atomic E-state index is 0.272. The molecule has 0 amide bonds. The van der Waals surface area contributed by atoms with Crippen LogP contribution in [0.15, 0.2) is 67.1 Å². The Morgan fingerprint density at radius 2 is 1.92 bits per heavy atom. The van der Waals surface area contributed by atoms with Gasteiger partial charge in [0.1, 0.15) is 6.33 Å². The second-order valence-corrected chi connectivity index (χ2v) is 6.07. The van der Waals surface area contributed by atoms with Crippen molar-refractivity contribution in [3.63, 3.8) is 0 Å². The van der Waals surface area contributed by atoms with Gasteiger partial charge in [0.15, 0.2) is 6.29 Å². The summed E-state index contributed by atoms with van der Waals surface area (Å²) in [4.78, 5) is 7.81. The van der Waals surface area contributed by atoms with Crippen molar-refractivity contribution in [2.75, 3.05) is 13.2 Å². The average molecular weight is 331 g/mol. The molecule has 2 aromatic carbocycles. The predicted molar refractivity (Wildman–Crippen MR) is 95.5 cm³/mol. The number of fused-ring (bicyclic) bond motifs is 1. The summed E-state index contributed by atoms with van der Waals surface area (Å²) >= 11 is 0. The molecule has 1 saturated heterocycles. The smallest absolute Gasteiger partial charge is 0.184 e. The second kappa shape index (κ2) is 5.88. The molecule has 0 unspecified atom stereocenters. The summed E-state index contributed by atoms with van der Waals surface area (Å²) in [5, 5.41) is 0. The summed E-state index contributed by atoms with van der Waals surface area (Å²) in [7, 11) is 0. The monoisotopic (exact) mass is 331 g/mol. The number of hydrogen-bond donors (Lipinski definition) is 1. The van der Waals surface area contributed by atoms with E-state index < -0.39 is 0 Å². The van der Waals surface area contributed by atoms with Crippen molar-refractivity contribution in [3.05, 3.63) is 72.7 Å². The molecule has 0 saturated carbocycles. The van der Waals surface area contributed by atoms with Crippen molar-refractivity contribution in [1.82, 2.24) is 14.5 Å². The lowest BCUT2D eigenvalue weighted by Gasteiger charge is -2.10.